The first kappa shape index (κ1) is 13.2. The summed E-state index contributed by atoms with van der Waals surface area (Å²) in [6.07, 6.45) is 3.59. The van der Waals surface area contributed by atoms with Gasteiger partial charge in [-0.15, -0.1) is 11.8 Å². The summed E-state index contributed by atoms with van der Waals surface area (Å²) in [5, 5.41) is 0.0262. The smallest absolute Gasteiger partial charge is 0.238 e. The number of aryl methyl sites for hydroxylation is 2. The van der Waals surface area contributed by atoms with E-state index >= 15 is 0 Å². The molecule has 2 aromatic rings. The van der Waals surface area contributed by atoms with E-state index in [0.29, 0.717) is 5.75 Å². The molecule has 1 aliphatic heterocycles. The van der Waals surface area contributed by atoms with E-state index in [0.717, 1.165) is 11.3 Å². The number of carbonyl (C=O) groups is 1. The van der Waals surface area contributed by atoms with Gasteiger partial charge in [0.15, 0.2) is 0 Å². The van der Waals surface area contributed by atoms with Crippen molar-refractivity contribution in [3.05, 3.63) is 59.4 Å². The van der Waals surface area contributed by atoms with Gasteiger partial charge in [0.1, 0.15) is 5.37 Å². The number of thioether (sulfide) groups is 1. The number of pyridine rings is 1. The summed E-state index contributed by atoms with van der Waals surface area (Å²) >= 11 is 1.65. The van der Waals surface area contributed by atoms with E-state index in [1.807, 2.05) is 29.3 Å². The summed E-state index contributed by atoms with van der Waals surface area (Å²) in [4.78, 5) is 18.3. The third-order valence-electron chi connectivity index (χ3n) is 3.61. The van der Waals surface area contributed by atoms with Crippen LogP contribution < -0.4 is 4.90 Å². The highest BCUT2D eigenvalue weighted by Crippen LogP contribution is 2.41. The van der Waals surface area contributed by atoms with Crippen molar-refractivity contribution in [2.24, 2.45) is 0 Å². The van der Waals surface area contributed by atoms with Crippen LogP contribution in [0.25, 0.3) is 0 Å². The summed E-state index contributed by atoms with van der Waals surface area (Å²) in [7, 11) is 0. The lowest BCUT2D eigenvalue weighted by Crippen LogP contribution is -2.27. The minimum absolute atomic E-state index is 0.0262. The molecule has 0 aliphatic carbocycles. The lowest BCUT2D eigenvalue weighted by atomic mass is 10.1. The average molecular weight is 284 g/mol. The standard InChI is InChI=1S/C16H16N2OS/c1-11-5-6-14(8-12(11)2)18-15(19)10-20-16(18)13-4-3-7-17-9-13/h3-9,16H,10H2,1-2H3. The number of nitrogens with zero attached hydrogens (tertiary/aromatic N) is 2. The molecule has 1 atom stereocenters. The maximum atomic E-state index is 12.2. The molecule has 20 heavy (non-hydrogen) atoms. The van der Waals surface area contributed by atoms with Gasteiger partial charge in [-0.25, -0.2) is 0 Å². The third kappa shape index (κ3) is 2.31. The van der Waals surface area contributed by atoms with Gasteiger partial charge in [0.2, 0.25) is 5.91 Å². The van der Waals surface area contributed by atoms with Crippen LogP contribution in [0.15, 0.2) is 42.7 Å². The second-order valence-electron chi connectivity index (χ2n) is 4.98. The topological polar surface area (TPSA) is 33.2 Å². The van der Waals surface area contributed by atoms with Crippen molar-refractivity contribution in [2.45, 2.75) is 19.2 Å². The van der Waals surface area contributed by atoms with Gasteiger partial charge in [-0.1, -0.05) is 12.1 Å². The van der Waals surface area contributed by atoms with Gasteiger partial charge >= 0.3 is 0 Å². The zero-order chi connectivity index (χ0) is 14.1. The number of anilines is 1. The Morgan fingerprint density at radius 1 is 1.25 bits per heavy atom. The molecule has 0 saturated carbocycles. The molecule has 0 bridgehead atoms. The normalized spacial score (nSPS) is 18.6. The van der Waals surface area contributed by atoms with Crippen molar-refractivity contribution < 1.29 is 4.79 Å². The molecule has 4 heteroatoms. The van der Waals surface area contributed by atoms with Crippen molar-refractivity contribution in [1.82, 2.24) is 4.98 Å². The molecular weight excluding hydrogens is 268 g/mol. The zero-order valence-corrected chi connectivity index (χ0v) is 12.4. The van der Waals surface area contributed by atoms with Gasteiger partial charge in [-0.2, -0.15) is 0 Å². The zero-order valence-electron chi connectivity index (χ0n) is 11.5. The van der Waals surface area contributed by atoms with Crippen LogP contribution in [-0.2, 0) is 4.79 Å². The van der Waals surface area contributed by atoms with Crippen LogP contribution in [0.1, 0.15) is 22.1 Å². The van der Waals surface area contributed by atoms with E-state index in [4.69, 9.17) is 0 Å². The van der Waals surface area contributed by atoms with Crippen LogP contribution in [0.3, 0.4) is 0 Å². The Labute approximate surface area is 123 Å². The van der Waals surface area contributed by atoms with Crippen LogP contribution in [0.4, 0.5) is 5.69 Å². The summed E-state index contributed by atoms with van der Waals surface area (Å²) in [6, 6.07) is 10.1. The van der Waals surface area contributed by atoms with E-state index in [9.17, 15) is 4.79 Å². The van der Waals surface area contributed by atoms with Crippen LogP contribution in [-0.4, -0.2) is 16.6 Å². The van der Waals surface area contributed by atoms with Gasteiger partial charge in [-0.05, 0) is 43.2 Å². The van der Waals surface area contributed by atoms with Gasteiger partial charge < -0.3 is 0 Å². The molecule has 0 N–H and O–H groups in total. The first-order valence-electron chi connectivity index (χ1n) is 6.57. The number of aromatic nitrogens is 1. The van der Waals surface area contributed by atoms with E-state index in [-0.39, 0.29) is 11.3 Å². The van der Waals surface area contributed by atoms with Gasteiger partial charge in [0, 0.05) is 23.6 Å². The van der Waals surface area contributed by atoms with E-state index < -0.39 is 0 Å². The Bertz CT molecular complexity index is 642. The number of hydrogen-bond acceptors (Lipinski definition) is 3. The maximum absolute atomic E-state index is 12.2. The summed E-state index contributed by atoms with van der Waals surface area (Å²) in [5.41, 5.74) is 4.49. The molecule has 0 spiro atoms. The molecule has 102 valence electrons. The van der Waals surface area contributed by atoms with Crippen molar-refractivity contribution >= 4 is 23.4 Å². The number of rotatable bonds is 2. The van der Waals surface area contributed by atoms with Crippen molar-refractivity contribution in [3.8, 4) is 0 Å². The third-order valence-corrected chi connectivity index (χ3v) is 4.82. The minimum Gasteiger partial charge on any atom is -0.295 e. The number of carbonyl (C=O) groups excluding carboxylic acids is 1. The molecule has 3 rings (SSSR count). The van der Waals surface area contributed by atoms with Crippen LogP contribution >= 0.6 is 11.8 Å². The lowest BCUT2D eigenvalue weighted by molar-refractivity contribution is -0.115. The predicted molar refractivity (Wildman–Crippen MR) is 82.8 cm³/mol. The Kier molecular flexibility index (Phi) is 3.49. The summed E-state index contributed by atoms with van der Waals surface area (Å²) in [6.45, 7) is 4.16. The monoisotopic (exact) mass is 284 g/mol. The summed E-state index contributed by atoms with van der Waals surface area (Å²) < 4.78 is 0. The highest BCUT2D eigenvalue weighted by atomic mass is 32.2. The van der Waals surface area contributed by atoms with E-state index in [1.54, 1.807) is 18.0 Å². The van der Waals surface area contributed by atoms with Gasteiger partial charge in [0.05, 0.1) is 5.75 Å². The molecule has 1 aromatic heterocycles. The molecule has 2 heterocycles. The fourth-order valence-electron chi connectivity index (χ4n) is 2.35. The quantitative estimate of drug-likeness (QED) is 0.846. The highest BCUT2D eigenvalue weighted by molar-refractivity contribution is 8.00. The molecule has 1 aliphatic rings. The van der Waals surface area contributed by atoms with Crippen molar-refractivity contribution in [1.29, 1.82) is 0 Å². The molecule has 1 amide bonds. The second kappa shape index (κ2) is 5.29. The molecule has 1 unspecified atom stereocenters. The first-order valence-corrected chi connectivity index (χ1v) is 7.62. The fourth-order valence-corrected chi connectivity index (χ4v) is 3.51. The molecular formula is C16H16N2OS. The number of hydrogen-bond donors (Lipinski definition) is 0. The number of amides is 1. The Balaban J connectivity index is 2.00. The molecule has 1 fully saturated rings. The molecule has 0 radical (unpaired) electrons. The van der Waals surface area contributed by atoms with Crippen LogP contribution in [0, 0.1) is 13.8 Å². The Hall–Kier alpha value is -1.81. The van der Waals surface area contributed by atoms with Gasteiger partial charge in [0.25, 0.3) is 0 Å². The first-order chi connectivity index (χ1) is 9.66. The highest BCUT2D eigenvalue weighted by Gasteiger charge is 2.34. The van der Waals surface area contributed by atoms with E-state index in [1.165, 1.54) is 11.1 Å². The number of benzene rings is 1. The predicted octanol–water partition coefficient (Wildman–Crippen LogP) is 3.48. The maximum Gasteiger partial charge on any atom is 0.238 e. The molecule has 1 aromatic carbocycles. The minimum atomic E-state index is 0.0262. The van der Waals surface area contributed by atoms with E-state index in [2.05, 4.69) is 31.0 Å². The average Bonchev–Trinajstić information content (AvgIpc) is 2.85. The Morgan fingerprint density at radius 2 is 2.10 bits per heavy atom. The van der Waals surface area contributed by atoms with Crippen LogP contribution in [0.2, 0.25) is 0 Å². The van der Waals surface area contributed by atoms with Crippen molar-refractivity contribution in [2.75, 3.05) is 10.7 Å². The van der Waals surface area contributed by atoms with Crippen molar-refractivity contribution in [3.63, 3.8) is 0 Å². The van der Waals surface area contributed by atoms with Crippen LogP contribution in [0.5, 0.6) is 0 Å². The fraction of sp³-hybridized carbons (Fsp3) is 0.250. The molecule has 3 nitrogen and oxygen atoms in total. The summed E-state index contributed by atoms with van der Waals surface area (Å²) in [5.74, 6) is 0.680. The molecule has 1 saturated heterocycles. The largest absolute Gasteiger partial charge is 0.295 e. The lowest BCUT2D eigenvalue weighted by Gasteiger charge is -2.24. The van der Waals surface area contributed by atoms with Gasteiger partial charge in [-0.3, -0.25) is 14.7 Å². The second-order valence-corrected chi connectivity index (χ2v) is 6.05. The SMILES string of the molecule is Cc1ccc(N2C(=O)CSC2c2cccnc2)cc1C. The Morgan fingerprint density at radius 3 is 2.80 bits per heavy atom.